The van der Waals surface area contributed by atoms with Crippen molar-refractivity contribution in [2.24, 2.45) is 0 Å². The first kappa shape index (κ1) is 16.7. The van der Waals surface area contributed by atoms with Crippen molar-refractivity contribution in [2.75, 3.05) is 6.54 Å². The van der Waals surface area contributed by atoms with Crippen LogP contribution in [0.5, 0.6) is 0 Å². The van der Waals surface area contributed by atoms with Gasteiger partial charge in [-0.15, -0.1) is 0 Å². The van der Waals surface area contributed by atoms with Crippen molar-refractivity contribution in [3.05, 3.63) is 33.8 Å². The van der Waals surface area contributed by atoms with Gasteiger partial charge in [-0.3, -0.25) is 19.3 Å². The van der Waals surface area contributed by atoms with Gasteiger partial charge in [0, 0.05) is 23.0 Å². The lowest BCUT2D eigenvalue weighted by atomic mass is 10.0. The van der Waals surface area contributed by atoms with E-state index < -0.39 is 0 Å². The average Bonchev–Trinajstić information content (AvgIpc) is 2.68. The van der Waals surface area contributed by atoms with E-state index in [2.05, 4.69) is 21.2 Å². The summed E-state index contributed by atoms with van der Waals surface area (Å²) < 4.78 is 0.747. The van der Waals surface area contributed by atoms with Crippen LogP contribution in [-0.4, -0.2) is 34.7 Å². The zero-order valence-corrected chi connectivity index (χ0v) is 14.5. The second-order valence-electron chi connectivity index (χ2n) is 5.99. The van der Waals surface area contributed by atoms with Gasteiger partial charge in [0.05, 0.1) is 11.1 Å². The third-order valence-electron chi connectivity index (χ3n) is 3.86. The van der Waals surface area contributed by atoms with Gasteiger partial charge in [0.25, 0.3) is 11.8 Å². The van der Waals surface area contributed by atoms with Crippen LogP contribution in [0.25, 0.3) is 0 Å². The Balaban J connectivity index is 2.02. The summed E-state index contributed by atoms with van der Waals surface area (Å²) in [7, 11) is 0. The molecule has 22 heavy (non-hydrogen) atoms. The lowest BCUT2D eigenvalue weighted by Crippen LogP contribution is -2.44. The highest BCUT2D eigenvalue weighted by molar-refractivity contribution is 9.10. The molecule has 0 saturated carbocycles. The third-order valence-corrected chi connectivity index (χ3v) is 4.35. The average molecular weight is 367 g/mol. The Morgan fingerprint density at radius 3 is 2.50 bits per heavy atom. The minimum absolute atomic E-state index is 0.0929. The van der Waals surface area contributed by atoms with Crippen molar-refractivity contribution >= 4 is 33.7 Å². The molecule has 0 spiro atoms. The number of amides is 3. The van der Waals surface area contributed by atoms with Crippen LogP contribution < -0.4 is 5.32 Å². The van der Waals surface area contributed by atoms with Gasteiger partial charge in [-0.05, 0) is 38.5 Å². The van der Waals surface area contributed by atoms with Gasteiger partial charge in [-0.2, -0.15) is 0 Å². The molecule has 1 heterocycles. The van der Waals surface area contributed by atoms with Crippen LogP contribution in [0.15, 0.2) is 22.7 Å². The van der Waals surface area contributed by atoms with Crippen LogP contribution in [0.1, 0.15) is 54.3 Å². The zero-order valence-electron chi connectivity index (χ0n) is 12.9. The standard InChI is InChI=1S/C16H19BrN2O3/c1-4-16(2,3)18-13(20)7-8-19-14(21)11-6-5-10(17)9-12(11)15(19)22/h5-6,9H,4,7-8H2,1-3H3,(H,18,20). The molecule has 6 heteroatoms. The van der Waals surface area contributed by atoms with Crippen LogP contribution in [-0.2, 0) is 4.79 Å². The summed E-state index contributed by atoms with van der Waals surface area (Å²) in [6, 6.07) is 4.99. The van der Waals surface area contributed by atoms with Crippen molar-refractivity contribution < 1.29 is 14.4 Å². The number of carbonyl (C=O) groups excluding carboxylic acids is 3. The van der Waals surface area contributed by atoms with E-state index in [1.165, 1.54) is 0 Å². The Morgan fingerprint density at radius 2 is 1.86 bits per heavy atom. The van der Waals surface area contributed by atoms with Gasteiger partial charge >= 0.3 is 0 Å². The summed E-state index contributed by atoms with van der Waals surface area (Å²) >= 11 is 3.29. The lowest BCUT2D eigenvalue weighted by Gasteiger charge is -2.25. The van der Waals surface area contributed by atoms with E-state index >= 15 is 0 Å². The molecule has 0 atom stereocenters. The van der Waals surface area contributed by atoms with E-state index in [9.17, 15) is 14.4 Å². The largest absolute Gasteiger partial charge is 0.351 e. The fraction of sp³-hybridized carbons (Fsp3) is 0.438. The summed E-state index contributed by atoms with van der Waals surface area (Å²) in [5.41, 5.74) is 0.486. The molecule has 1 aliphatic rings. The number of carbonyl (C=O) groups is 3. The van der Waals surface area contributed by atoms with E-state index in [1.807, 2.05) is 20.8 Å². The molecular formula is C16H19BrN2O3. The van der Waals surface area contributed by atoms with Crippen molar-refractivity contribution in [2.45, 2.75) is 39.2 Å². The molecule has 0 unspecified atom stereocenters. The minimum atomic E-state index is -0.344. The van der Waals surface area contributed by atoms with Gasteiger partial charge in [0.1, 0.15) is 0 Å². The second-order valence-corrected chi connectivity index (χ2v) is 6.90. The fourth-order valence-corrected chi connectivity index (χ4v) is 2.57. The molecule has 0 saturated heterocycles. The monoisotopic (exact) mass is 366 g/mol. The highest BCUT2D eigenvalue weighted by Gasteiger charge is 2.35. The number of hydrogen-bond acceptors (Lipinski definition) is 3. The molecule has 0 radical (unpaired) electrons. The first-order valence-corrected chi connectivity index (χ1v) is 8.01. The van der Waals surface area contributed by atoms with Crippen molar-refractivity contribution in [3.63, 3.8) is 0 Å². The van der Waals surface area contributed by atoms with Gasteiger partial charge in [-0.1, -0.05) is 22.9 Å². The molecular weight excluding hydrogens is 348 g/mol. The molecule has 0 aromatic heterocycles. The van der Waals surface area contributed by atoms with Crippen LogP contribution in [0.2, 0.25) is 0 Å². The molecule has 1 N–H and O–H groups in total. The Kier molecular flexibility index (Phi) is 4.70. The molecule has 0 aliphatic carbocycles. The Labute approximate surface area is 138 Å². The number of rotatable bonds is 5. The van der Waals surface area contributed by atoms with Crippen molar-refractivity contribution in [1.29, 1.82) is 0 Å². The summed E-state index contributed by atoms with van der Waals surface area (Å²) in [6.07, 6.45) is 0.913. The number of fused-ring (bicyclic) bond motifs is 1. The van der Waals surface area contributed by atoms with Crippen LogP contribution in [0, 0.1) is 0 Å². The van der Waals surface area contributed by atoms with E-state index in [0.717, 1.165) is 15.8 Å². The first-order valence-electron chi connectivity index (χ1n) is 7.22. The quantitative estimate of drug-likeness (QED) is 0.814. The molecule has 118 valence electrons. The van der Waals surface area contributed by atoms with Gasteiger partial charge < -0.3 is 5.32 Å². The predicted molar refractivity (Wildman–Crippen MR) is 86.6 cm³/mol. The third kappa shape index (κ3) is 3.38. The number of halogens is 1. The predicted octanol–water partition coefficient (Wildman–Crippen LogP) is 2.74. The number of nitrogens with one attached hydrogen (secondary N) is 1. The molecule has 1 aromatic carbocycles. The maximum Gasteiger partial charge on any atom is 0.261 e. The normalized spacial score (nSPS) is 14.3. The molecule has 5 nitrogen and oxygen atoms in total. The van der Waals surface area contributed by atoms with Crippen LogP contribution in [0.3, 0.4) is 0 Å². The van der Waals surface area contributed by atoms with E-state index in [1.54, 1.807) is 18.2 Å². The van der Waals surface area contributed by atoms with Crippen molar-refractivity contribution in [3.8, 4) is 0 Å². The topological polar surface area (TPSA) is 66.5 Å². The highest BCUT2D eigenvalue weighted by atomic mass is 79.9. The Hall–Kier alpha value is -1.69. The smallest absolute Gasteiger partial charge is 0.261 e. The lowest BCUT2D eigenvalue weighted by molar-refractivity contribution is -0.122. The minimum Gasteiger partial charge on any atom is -0.351 e. The summed E-state index contributed by atoms with van der Waals surface area (Å²) in [4.78, 5) is 37.6. The van der Waals surface area contributed by atoms with E-state index in [4.69, 9.17) is 0 Å². The molecule has 0 bridgehead atoms. The Morgan fingerprint density at radius 1 is 1.23 bits per heavy atom. The molecule has 3 amide bonds. The fourth-order valence-electron chi connectivity index (χ4n) is 2.21. The molecule has 1 aromatic rings. The molecule has 2 rings (SSSR count). The second kappa shape index (κ2) is 6.20. The number of imide groups is 1. The van der Waals surface area contributed by atoms with Crippen LogP contribution >= 0.6 is 15.9 Å². The van der Waals surface area contributed by atoms with Gasteiger partial charge in [0.2, 0.25) is 5.91 Å². The Bertz CT molecular complexity index is 640. The first-order chi connectivity index (χ1) is 10.2. The van der Waals surface area contributed by atoms with Gasteiger partial charge in [0.15, 0.2) is 0 Å². The van der Waals surface area contributed by atoms with Crippen molar-refractivity contribution in [1.82, 2.24) is 10.2 Å². The van der Waals surface area contributed by atoms with E-state index in [-0.39, 0.29) is 36.2 Å². The van der Waals surface area contributed by atoms with E-state index in [0.29, 0.717) is 11.1 Å². The summed E-state index contributed by atoms with van der Waals surface area (Å²) in [5.74, 6) is -0.844. The zero-order chi connectivity index (χ0) is 16.5. The van der Waals surface area contributed by atoms with Gasteiger partial charge in [-0.25, -0.2) is 0 Å². The molecule has 0 fully saturated rings. The number of hydrogen-bond donors (Lipinski definition) is 1. The summed E-state index contributed by atoms with van der Waals surface area (Å²) in [6.45, 7) is 5.95. The molecule has 1 aliphatic heterocycles. The SMILES string of the molecule is CCC(C)(C)NC(=O)CCN1C(=O)c2ccc(Br)cc2C1=O. The van der Waals surface area contributed by atoms with Crippen LogP contribution in [0.4, 0.5) is 0 Å². The maximum atomic E-state index is 12.3. The number of benzene rings is 1. The maximum absolute atomic E-state index is 12.3. The summed E-state index contributed by atoms with van der Waals surface area (Å²) in [5, 5.41) is 2.89. The highest BCUT2D eigenvalue weighted by Crippen LogP contribution is 2.26. The number of nitrogens with zero attached hydrogens (tertiary/aromatic N) is 1.